The second-order valence-corrected chi connectivity index (χ2v) is 9.49. The van der Waals surface area contributed by atoms with Crippen LogP contribution in [0.15, 0.2) is 36.4 Å². The Morgan fingerprint density at radius 2 is 2.06 bits per heavy atom. The van der Waals surface area contributed by atoms with Gasteiger partial charge in [0.15, 0.2) is 5.75 Å². The SMILES string of the molecule is COc1ccc(CSCC(=O)Nc2cccc(CN3CCSCC3)c2C)cc1[N+](=O)[O-]. The minimum absolute atomic E-state index is 0.0650. The summed E-state index contributed by atoms with van der Waals surface area (Å²) in [5.74, 6) is 3.27. The molecule has 1 heterocycles. The van der Waals surface area contributed by atoms with E-state index in [9.17, 15) is 14.9 Å². The van der Waals surface area contributed by atoms with Crippen LogP contribution in [-0.2, 0) is 17.1 Å². The summed E-state index contributed by atoms with van der Waals surface area (Å²) >= 11 is 3.41. The summed E-state index contributed by atoms with van der Waals surface area (Å²) < 4.78 is 5.02. The number of nitro groups is 1. The summed E-state index contributed by atoms with van der Waals surface area (Å²) in [6.07, 6.45) is 0. The summed E-state index contributed by atoms with van der Waals surface area (Å²) in [6.45, 7) is 5.15. The fourth-order valence-electron chi connectivity index (χ4n) is 3.41. The quantitative estimate of drug-likeness (QED) is 0.439. The molecule has 0 unspecified atom stereocenters. The number of nitro benzene ring substituents is 1. The van der Waals surface area contributed by atoms with Gasteiger partial charge in [-0.1, -0.05) is 18.2 Å². The number of thioether (sulfide) groups is 2. The standard InChI is InChI=1S/C22H27N3O4S2/c1-16-18(13-24-8-10-30-11-9-24)4-3-5-19(16)23-22(26)15-31-14-17-6-7-21(29-2)20(12-17)25(27)28/h3-7,12H,8-11,13-15H2,1-2H3,(H,23,26). The maximum atomic E-state index is 12.5. The molecule has 1 amide bonds. The van der Waals surface area contributed by atoms with Gasteiger partial charge in [0.25, 0.3) is 0 Å². The topological polar surface area (TPSA) is 84.7 Å². The van der Waals surface area contributed by atoms with Crippen LogP contribution in [0.2, 0.25) is 0 Å². The third-order valence-corrected chi connectivity index (χ3v) is 7.11. The van der Waals surface area contributed by atoms with Crippen molar-refractivity contribution in [3.05, 3.63) is 63.2 Å². The van der Waals surface area contributed by atoms with E-state index in [-0.39, 0.29) is 23.1 Å². The predicted octanol–water partition coefficient (Wildman–Crippen LogP) is 4.33. The third-order valence-electron chi connectivity index (χ3n) is 5.16. The number of amides is 1. The fraction of sp³-hybridized carbons (Fsp3) is 0.409. The second-order valence-electron chi connectivity index (χ2n) is 7.28. The molecule has 2 aromatic carbocycles. The van der Waals surface area contributed by atoms with Crippen LogP contribution < -0.4 is 10.1 Å². The van der Waals surface area contributed by atoms with Crippen LogP contribution in [0.4, 0.5) is 11.4 Å². The average Bonchev–Trinajstić information content (AvgIpc) is 2.77. The molecule has 166 valence electrons. The minimum atomic E-state index is -0.460. The van der Waals surface area contributed by atoms with Crippen molar-refractivity contribution in [1.29, 1.82) is 0 Å². The number of rotatable bonds is 9. The molecular formula is C22H27N3O4S2. The molecule has 0 atom stereocenters. The summed E-state index contributed by atoms with van der Waals surface area (Å²) in [4.78, 5) is 25.6. The first-order valence-corrected chi connectivity index (χ1v) is 12.4. The molecule has 0 spiro atoms. The molecular weight excluding hydrogens is 434 g/mol. The number of hydrogen-bond acceptors (Lipinski definition) is 7. The van der Waals surface area contributed by atoms with Crippen molar-refractivity contribution < 1.29 is 14.5 Å². The highest BCUT2D eigenvalue weighted by molar-refractivity contribution is 7.99. The van der Waals surface area contributed by atoms with Crippen LogP contribution in [0, 0.1) is 17.0 Å². The first-order valence-electron chi connectivity index (χ1n) is 10.1. The van der Waals surface area contributed by atoms with Crippen LogP contribution in [-0.4, -0.2) is 53.2 Å². The Labute approximate surface area is 191 Å². The summed E-state index contributed by atoms with van der Waals surface area (Å²) in [5, 5.41) is 14.2. The van der Waals surface area contributed by atoms with Crippen molar-refractivity contribution in [2.45, 2.75) is 19.2 Å². The highest BCUT2D eigenvalue weighted by Gasteiger charge is 2.16. The van der Waals surface area contributed by atoms with Crippen molar-refractivity contribution in [2.75, 3.05) is 42.8 Å². The Balaban J connectivity index is 1.53. The average molecular weight is 462 g/mol. The lowest BCUT2D eigenvalue weighted by atomic mass is 10.1. The van der Waals surface area contributed by atoms with E-state index in [1.807, 2.05) is 30.8 Å². The molecule has 1 saturated heterocycles. The molecule has 3 rings (SSSR count). The minimum Gasteiger partial charge on any atom is -0.490 e. The van der Waals surface area contributed by atoms with Gasteiger partial charge in [0, 0.05) is 48.6 Å². The van der Waals surface area contributed by atoms with E-state index in [1.165, 1.54) is 42.0 Å². The monoisotopic (exact) mass is 461 g/mol. The number of anilines is 1. The second kappa shape index (κ2) is 11.4. The first kappa shape index (κ1) is 23.4. The predicted molar refractivity (Wildman–Crippen MR) is 128 cm³/mol. The smallest absolute Gasteiger partial charge is 0.311 e. The number of methoxy groups -OCH3 is 1. The van der Waals surface area contributed by atoms with Gasteiger partial charge < -0.3 is 10.1 Å². The van der Waals surface area contributed by atoms with Crippen molar-refractivity contribution in [3.8, 4) is 5.75 Å². The largest absolute Gasteiger partial charge is 0.490 e. The molecule has 0 radical (unpaired) electrons. The fourth-order valence-corrected chi connectivity index (χ4v) is 5.16. The lowest BCUT2D eigenvalue weighted by Gasteiger charge is -2.27. The molecule has 1 aliphatic rings. The number of nitrogens with one attached hydrogen (secondary N) is 1. The molecule has 1 aliphatic heterocycles. The van der Waals surface area contributed by atoms with Crippen LogP contribution in [0.3, 0.4) is 0 Å². The van der Waals surface area contributed by atoms with Gasteiger partial charge >= 0.3 is 5.69 Å². The third kappa shape index (κ3) is 6.62. The zero-order valence-electron chi connectivity index (χ0n) is 17.8. The Bertz CT molecular complexity index is 933. The van der Waals surface area contributed by atoms with E-state index >= 15 is 0 Å². The lowest BCUT2D eigenvalue weighted by molar-refractivity contribution is -0.385. The van der Waals surface area contributed by atoms with E-state index in [0.29, 0.717) is 5.75 Å². The Hall–Kier alpha value is -2.23. The summed E-state index contributed by atoms with van der Waals surface area (Å²) in [6, 6.07) is 10.9. The van der Waals surface area contributed by atoms with Gasteiger partial charge in [-0.3, -0.25) is 19.8 Å². The molecule has 2 aromatic rings. The first-order chi connectivity index (χ1) is 15.0. The van der Waals surface area contributed by atoms with Gasteiger partial charge in [0.05, 0.1) is 17.8 Å². The number of nitrogens with zero attached hydrogens (tertiary/aromatic N) is 2. The van der Waals surface area contributed by atoms with Gasteiger partial charge in [-0.25, -0.2) is 0 Å². The van der Waals surface area contributed by atoms with E-state index in [1.54, 1.807) is 12.1 Å². The molecule has 9 heteroatoms. The summed E-state index contributed by atoms with van der Waals surface area (Å²) in [5.41, 5.74) is 3.90. The molecule has 7 nitrogen and oxygen atoms in total. The lowest BCUT2D eigenvalue weighted by Crippen LogP contribution is -2.32. The number of benzene rings is 2. The van der Waals surface area contributed by atoms with Crippen LogP contribution in [0.5, 0.6) is 5.75 Å². The van der Waals surface area contributed by atoms with Crippen molar-refractivity contribution >= 4 is 40.8 Å². The van der Waals surface area contributed by atoms with Gasteiger partial charge in [-0.05, 0) is 35.7 Å². The normalized spacial score (nSPS) is 14.3. The molecule has 0 saturated carbocycles. The van der Waals surface area contributed by atoms with E-state index in [0.717, 1.165) is 36.4 Å². The van der Waals surface area contributed by atoms with Gasteiger partial charge in [-0.2, -0.15) is 11.8 Å². The highest BCUT2D eigenvalue weighted by atomic mass is 32.2. The zero-order chi connectivity index (χ0) is 22.2. The Kier molecular flexibility index (Phi) is 8.62. The van der Waals surface area contributed by atoms with Gasteiger partial charge in [-0.15, -0.1) is 11.8 Å². The van der Waals surface area contributed by atoms with Gasteiger partial charge in [0.1, 0.15) is 0 Å². The maximum Gasteiger partial charge on any atom is 0.311 e. The number of carbonyl (C=O) groups excluding carboxylic acids is 1. The molecule has 0 aliphatic carbocycles. The van der Waals surface area contributed by atoms with E-state index < -0.39 is 4.92 Å². The highest BCUT2D eigenvalue weighted by Crippen LogP contribution is 2.29. The number of carbonyl (C=O) groups is 1. The Morgan fingerprint density at radius 1 is 1.29 bits per heavy atom. The molecule has 31 heavy (non-hydrogen) atoms. The van der Waals surface area contributed by atoms with E-state index in [4.69, 9.17) is 4.74 Å². The van der Waals surface area contributed by atoms with Gasteiger partial charge in [0.2, 0.25) is 5.91 Å². The molecule has 1 fully saturated rings. The maximum absolute atomic E-state index is 12.5. The summed E-state index contributed by atoms with van der Waals surface area (Å²) in [7, 11) is 1.41. The number of ether oxygens (including phenoxy) is 1. The van der Waals surface area contributed by atoms with Crippen LogP contribution in [0.1, 0.15) is 16.7 Å². The van der Waals surface area contributed by atoms with Crippen LogP contribution >= 0.6 is 23.5 Å². The van der Waals surface area contributed by atoms with Crippen molar-refractivity contribution in [2.24, 2.45) is 0 Å². The van der Waals surface area contributed by atoms with E-state index in [2.05, 4.69) is 16.3 Å². The van der Waals surface area contributed by atoms with Crippen molar-refractivity contribution in [1.82, 2.24) is 4.90 Å². The zero-order valence-corrected chi connectivity index (χ0v) is 19.4. The van der Waals surface area contributed by atoms with Crippen LogP contribution in [0.25, 0.3) is 0 Å². The molecule has 0 bridgehead atoms. The number of hydrogen-bond donors (Lipinski definition) is 1. The molecule has 1 N–H and O–H groups in total. The van der Waals surface area contributed by atoms with Crippen molar-refractivity contribution in [3.63, 3.8) is 0 Å². The molecule has 0 aromatic heterocycles. The Morgan fingerprint density at radius 3 is 2.77 bits per heavy atom.